The molecule has 0 atom stereocenters. The highest BCUT2D eigenvalue weighted by molar-refractivity contribution is 6.04. The van der Waals surface area contributed by atoms with Crippen LogP contribution in [0.2, 0.25) is 0 Å². The number of anilines is 1. The molecule has 1 aromatic carbocycles. The Morgan fingerprint density at radius 1 is 1.21 bits per heavy atom. The summed E-state index contributed by atoms with van der Waals surface area (Å²) in [5, 5.41) is 5.66. The summed E-state index contributed by atoms with van der Waals surface area (Å²) >= 11 is 0. The second-order valence-electron chi connectivity index (χ2n) is 5.46. The number of hydrogen-bond acceptors (Lipinski definition) is 3. The van der Waals surface area contributed by atoms with Gasteiger partial charge in [-0.25, -0.2) is 0 Å². The van der Waals surface area contributed by atoms with Crippen molar-refractivity contribution >= 4 is 17.5 Å². The summed E-state index contributed by atoms with van der Waals surface area (Å²) in [6.07, 6.45) is 5.59. The van der Waals surface area contributed by atoms with Crippen LogP contribution in [0.15, 0.2) is 60.4 Å². The fourth-order valence-corrected chi connectivity index (χ4v) is 2.03. The summed E-state index contributed by atoms with van der Waals surface area (Å²) in [5.41, 5.74) is 3.12. The zero-order chi connectivity index (χ0) is 17.4. The Balaban J connectivity index is 1.96. The predicted molar refractivity (Wildman–Crippen MR) is 94.5 cm³/mol. The van der Waals surface area contributed by atoms with E-state index in [1.54, 1.807) is 30.5 Å². The van der Waals surface area contributed by atoms with E-state index >= 15 is 0 Å². The number of nitrogens with zero attached hydrogens (tertiary/aromatic N) is 1. The van der Waals surface area contributed by atoms with Crippen LogP contribution in [-0.4, -0.2) is 16.8 Å². The number of amides is 2. The van der Waals surface area contributed by atoms with E-state index in [2.05, 4.69) is 15.6 Å². The fraction of sp³-hybridized carbons (Fsp3) is 0.211. The van der Waals surface area contributed by atoms with E-state index in [1.165, 1.54) is 6.20 Å². The minimum absolute atomic E-state index is 0.112. The van der Waals surface area contributed by atoms with Gasteiger partial charge in [0.2, 0.25) is 5.91 Å². The highest BCUT2D eigenvalue weighted by Crippen LogP contribution is 2.12. The molecule has 0 saturated carbocycles. The Hall–Kier alpha value is -2.95. The fourth-order valence-electron chi connectivity index (χ4n) is 2.03. The van der Waals surface area contributed by atoms with E-state index in [4.69, 9.17) is 0 Å². The van der Waals surface area contributed by atoms with Crippen LogP contribution in [0.5, 0.6) is 0 Å². The summed E-state index contributed by atoms with van der Waals surface area (Å²) in [5.74, 6) is -0.329. The molecule has 0 aliphatic carbocycles. The molecule has 0 aliphatic rings. The van der Waals surface area contributed by atoms with Crippen LogP contribution in [0.25, 0.3) is 0 Å². The van der Waals surface area contributed by atoms with Crippen LogP contribution in [-0.2, 0) is 11.3 Å². The molecule has 124 valence electrons. The van der Waals surface area contributed by atoms with Crippen molar-refractivity contribution in [3.63, 3.8) is 0 Å². The first-order valence-electron chi connectivity index (χ1n) is 7.84. The van der Waals surface area contributed by atoms with Gasteiger partial charge in [0, 0.05) is 30.7 Å². The molecule has 2 amide bonds. The molecule has 0 unspecified atom stereocenters. The first kappa shape index (κ1) is 17.4. The van der Waals surface area contributed by atoms with Crippen molar-refractivity contribution in [2.45, 2.75) is 26.8 Å². The second-order valence-corrected chi connectivity index (χ2v) is 5.46. The van der Waals surface area contributed by atoms with Gasteiger partial charge < -0.3 is 10.6 Å². The third-order valence-electron chi connectivity index (χ3n) is 3.51. The van der Waals surface area contributed by atoms with Crippen molar-refractivity contribution < 1.29 is 9.59 Å². The van der Waals surface area contributed by atoms with Crippen molar-refractivity contribution in [2.75, 3.05) is 5.32 Å². The van der Waals surface area contributed by atoms with Crippen molar-refractivity contribution in [2.24, 2.45) is 0 Å². The molecule has 0 bridgehead atoms. The lowest BCUT2D eigenvalue weighted by Gasteiger charge is -2.08. The summed E-state index contributed by atoms with van der Waals surface area (Å²) in [6, 6.07) is 10.8. The standard InChI is InChI=1S/C19H21N3O2/c1-3-14(2)10-18(23)21-12-15-6-4-8-17(11-15)22-19(24)16-7-5-9-20-13-16/h4-11,13H,3,12H2,1-2H3,(H,21,23)(H,22,24)/b14-10+. The molecule has 1 aromatic heterocycles. The highest BCUT2D eigenvalue weighted by Gasteiger charge is 2.06. The first-order chi connectivity index (χ1) is 11.6. The van der Waals surface area contributed by atoms with Crippen LogP contribution in [0.4, 0.5) is 5.69 Å². The Kier molecular flexibility index (Phi) is 6.25. The van der Waals surface area contributed by atoms with E-state index < -0.39 is 0 Å². The number of carbonyl (C=O) groups excluding carboxylic acids is 2. The quantitative estimate of drug-likeness (QED) is 0.801. The third kappa shape index (κ3) is 5.35. The Morgan fingerprint density at radius 2 is 2.04 bits per heavy atom. The molecule has 2 aromatic rings. The lowest BCUT2D eigenvalue weighted by molar-refractivity contribution is -0.116. The van der Waals surface area contributed by atoms with Gasteiger partial charge in [-0.2, -0.15) is 0 Å². The van der Waals surface area contributed by atoms with Gasteiger partial charge in [0.05, 0.1) is 5.56 Å². The summed E-state index contributed by atoms with van der Waals surface area (Å²) in [6.45, 7) is 4.34. The number of allylic oxidation sites excluding steroid dienone is 1. The smallest absolute Gasteiger partial charge is 0.257 e. The highest BCUT2D eigenvalue weighted by atomic mass is 16.2. The molecule has 2 rings (SSSR count). The van der Waals surface area contributed by atoms with Gasteiger partial charge in [-0.1, -0.05) is 24.6 Å². The zero-order valence-electron chi connectivity index (χ0n) is 13.9. The normalized spacial score (nSPS) is 11.0. The average Bonchev–Trinajstić information content (AvgIpc) is 2.61. The maximum absolute atomic E-state index is 12.1. The van der Waals surface area contributed by atoms with E-state index in [9.17, 15) is 9.59 Å². The largest absolute Gasteiger partial charge is 0.348 e. The van der Waals surface area contributed by atoms with E-state index in [1.807, 2.05) is 32.0 Å². The van der Waals surface area contributed by atoms with Crippen LogP contribution in [0, 0.1) is 0 Å². The van der Waals surface area contributed by atoms with Gasteiger partial charge in [-0.05, 0) is 43.2 Å². The van der Waals surface area contributed by atoms with Crippen LogP contribution in [0.3, 0.4) is 0 Å². The summed E-state index contributed by atoms with van der Waals surface area (Å²) < 4.78 is 0. The topological polar surface area (TPSA) is 71.1 Å². The van der Waals surface area contributed by atoms with Gasteiger partial charge in [-0.3, -0.25) is 14.6 Å². The minimum Gasteiger partial charge on any atom is -0.348 e. The predicted octanol–water partition coefficient (Wildman–Crippen LogP) is 3.31. The van der Waals surface area contributed by atoms with Crippen LogP contribution >= 0.6 is 0 Å². The lowest BCUT2D eigenvalue weighted by atomic mass is 10.2. The maximum Gasteiger partial charge on any atom is 0.257 e. The molecule has 0 radical (unpaired) electrons. The molecular weight excluding hydrogens is 302 g/mol. The van der Waals surface area contributed by atoms with Crippen LogP contribution < -0.4 is 10.6 Å². The summed E-state index contributed by atoms with van der Waals surface area (Å²) in [4.78, 5) is 27.8. The number of carbonyl (C=O) groups is 2. The number of benzene rings is 1. The Bertz CT molecular complexity index is 739. The SMILES string of the molecule is CC/C(C)=C/C(=O)NCc1cccc(NC(=O)c2cccnc2)c1. The molecule has 24 heavy (non-hydrogen) atoms. The van der Waals surface area contributed by atoms with Gasteiger partial charge in [0.25, 0.3) is 5.91 Å². The second kappa shape index (κ2) is 8.62. The minimum atomic E-state index is -0.217. The molecule has 0 aliphatic heterocycles. The molecule has 0 saturated heterocycles. The van der Waals surface area contributed by atoms with E-state index in [0.717, 1.165) is 17.6 Å². The van der Waals surface area contributed by atoms with Crippen molar-refractivity contribution in [3.8, 4) is 0 Å². The van der Waals surface area contributed by atoms with Crippen molar-refractivity contribution in [1.82, 2.24) is 10.3 Å². The van der Waals surface area contributed by atoms with Crippen molar-refractivity contribution in [3.05, 3.63) is 71.6 Å². The van der Waals surface area contributed by atoms with Gasteiger partial charge in [0.1, 0.15) is 0 Å². The average molecular weight is 323 g/mol. The third-order valence-corrected chi connectivity index (χ3v) is 3.51. The number of hydrogen-bond donors (Lipinski definition) is 2. The molecule has 0 fully saturated rings. The monoisotopic (exact) mass is 323 g/mol. The molecule has 2 N–H and O–H groups in total. The molecular formula is C19H21N3O2. The van der Waals surface area contributed by atoms with E-state index in [0.29, 0.717) is 17.8 Å². The first-order valence-corrected chi connectivity index (χ1v) is 7.84. The number of pyridine rings is 1. The zero-order valence-corrected chi connectivity index (χ0v) is 13.9. The van der Waals surface area contributed by atoms with Crippen LogP contribution in [0.1, 0.15) is 36.2 Å². The van der Waals surface area contributed by atoms with Gasteiger partial charge in [-0.15, -0.1) is 0 Å². The Labute approximate surface area is 141 Å². The van der Waals surface area contributed by atoms with E-state index in [-0.39, 0.29) is 11.8 Å². The number of rotatable bonds is 6. The molecule has 1 heterocycles. The Morgan fingerprint density at radius 3 is 2.75 bits per heavy atom. The summed E-state index contributed by atoms with van der Waals surface area (Å²) in [7, 11) is 0. The molecule has 5 heteroatoms. The molecule has 0 spiro atoms. The maximum atomic E-state index is 12.1. The van der Waals surface area contributed by atoms with Gasteiger partial charge in [0.15, 0.2) is 0 Å². The molecule has 5 nitrogen and oxygen atoms in total. The van der Waals surface area contributed by atoms with Crippen molar-refractivity contribution in [1.29, 1.82) is 0 Å². The lowest BCUT2D eigenvalue weighted by Crippen LogP contribution is -2.21. The number of nitrogens with one attached hydrogen (secondary N) is 2. The number of aromatic nitrogens is 1. The van der Waals surface area contributed by atoms with Gasteiger partial charge >= 0.3 is 0 Å².